The monoisotopic (exact) mass is 342 g/mol. The van der Waals surface area contributed by atoms with Crippen molar-refractivity contribution in [2.45, 2.75) is 39.8 Å². The summed E-state index contributed by atoms with van der Waals surface area (Å²) in [5, 5.41) is 2.88. The number of benzene rings is 1. The van der Waals surface area contributed by atoms with Gasteiger partial charge in [0.1, 0.15) is 5.75 Å². The minimum absolute atomic E-state index is 0.0968. The van der Waals surface area contributed by atoms with Crippen molar-refractivity contribution in [3.05, 3.63) is 28.2 Å². The van der Waals surface area contributed by atoms with E-state index in [1.165, 1.54) is 0 Å². The predicted molar refractivity (Wildman–Crippen MR) is 84.6 cm³/mol. The van der Waals surface area contributed by atoms with E-state index in [0.717, 1.165) is 16.5 Å². The van der Waals surface area contributed by atoms with E-state index in [2.05, 4.69) is 35.1 Å². The van der Waals surface area contributed by atoms with Gasteiger partial charge >= 0.3 is 0 Å². The highest BCUT2D eigenvalue weighted by molar-refractivity contribution is 9.10. The van der Waals surface area contributed by atoms with Gasteiger partial charge in [-0.15, -0.1) is 0 Å². The molecule has 0 radical (unpaired) electrons. The summed E-state index contributed by atoms with van der Waals surface area (Å²) in [7, 11) is 0. The van der Waals surface area contributed by atoms with Crippen molar-refractivity contribution < 1.29 is 9.53 Å². The van der Waals surface area contributed by atoms with Gasteiger partial charge in [0.05, 0.1) is 4.47 Å². The molecule has 1 atom stereocenters. The maximum atomic E-state index is 11.9. The van der Waals surface area contributed by atoms with Crippen molar-refractivity contribution in [3.63, 3.8) is 0 Å². The van der Waals surface area contributed by atoms with Crippen LogP contribution in [0.3, 0.4) is 0 Å². The number of amides is 1. The SMILES string of the molecule is CC(C)CCNC(=O)C(C)Oc1ccc(CN)cc1Br. The summed E-state index contributed by atoms with van der Waals surface area (Å²) in [6, 6.07) is 5.62. The highest BCUT2D eigenvalue weighted by Crippen LogP contribution is 2.26. The lowest BCUT2D eigenvalue weighted by molar-refractivity contribution is -0.127. The first-order valence-corrected chi connectivity index (χ1v) is 7.66. The molecule has 4 nitrogen and oxygen atoms in total. The predicted octanol–water partition coefficient (Wildman–Crippen LogP) is 2.84. The van der Waals surface area contributed by atoms with E-state index in [1.54, 1.807) is 6.92 Å². The number of halogens is 1. The lowest BCUT2D eigenvalue weighted by Gasteiger charge is -2.16. The summed E-state index contributed by atoms with van der Waals surface area (Å²) in [6.07, 6.45) is 0.440. The number of rotatable bonds is 7. The first kappa shape index (κ1) is 17.0. The van der Waals surface area contributed by atoms with Crippen LogP contribution in [0.2, 0.25) is 0 Å². The van der Waals surface area contributed by atoms with Gasteiger partial charge in [-0.2, -0.15) is 0 Å². The number of ether oxygens (including phenoxy) is 1. The maximum absolute atomic E-state index is 11.9. The maximum Gasteiger partial charge on any atom is 0.260 e. The first-order chi connectivity index (χ1) is 9.43. The molecule has 0 saturated heterocycles. The highest BCUT2D eigenvalue weighted by atomic mass is 79.9. The molecule has 1 rings (SSSR count). The molecule has 1 unspecified atom stereocenters. The fraction of sp³-hybridized carbons (Fsp3) is 0.533. The molecular formula is C15H23BrN2O2. The molecule has 0 aromatic heterocycles. The molecule has 112 valence electrons. The van der Waals surface area contributed by atoms with Crippen molar-refractivity contribution in [2.75, 3.05) is 6.54 Å². The van der Waals surface area contributed by atoms with Gasteiger partial charge in [-0.1, -0.05) is 19.9 Å². The summed E-state index contributed by atoms with van der Waals surface area (Å²) in [5.41, 5.74) is 6.58. The smallest absolute Gasteiger partial charge is 0.260 e. The van der Waals surface area contributed by atoms with Crippen molar-refractivity contribution in [3.8, 4) is 5.75 Å². The van der Waals surface area contributed by atoms with Crippen LogP contribution in [-0.4, -0.2) is 18.6 Å². The third kappa shape index (κ3) is 5.51. The number of hydrogen-bond acceptors (Lipinski definition) is 3. The molecule has 0 aliphatic carbocycles. The van der Waals surface area contributed by atoms with Crippen molar-refractivity contribution >= 4 is 21.8 Å². The van der Waals surface area contributed by atoms with E-state index in [9.17, 15) is 4.79 Å². The van der Waals surface area contributed by atoms with E-state index in [0.29, 0.717) is 24.8 Å². The van der Waals surface area contributed by atoms with Crippen LogP contribution in [0.4, 0.5) is 0 Å². The summed E-state index contributed by atoms with van der Waals surface area (Å²) < 4.78 is 6.47. The van der Waals surface area contributed by atoms with Crippen LogP contribution in [0.1, 0.15) is 32.8 Å². The van der Waals surface area contributed by atoms with Gasteiger partial charge in [-0.25, -0.2) is 0 Å². The average molecular weight is 343 g/mol. The Morgan fingerprint density at radius 3 is 2.65 bits per heavy atom. The zero-order valence-electron chi connectivity index (χ0n) is 12.3. The van der Waals surface area contributed by atoms with Crippen molar-refractivity contribution in [1.82, 2.24) is 5.32 Å². The molecule has 0 saturated carbocycles. The first-order valence-electron chi connectivity index (χ1n) is 6.87. The summed E-state index contributed by atoms with van der Waals surface area (Å²) in [5.74, 6) is 1.12. The van der Waals surface area contributed by atoms with Gasteiger partial charge in [0.15, 0.2) is 6.10 Å². The highest BCUT2D eigenvalue weighted by Gasteiger charge is 2.15. The average Bonchev–Trinajstić information content (AvgIpc) is 2.40. The largest absolute Gasteiger partial charge is 0.480 e. The second-order valence-electron chi connectivity index (χ2n) is 5.20. The third-order valence-electron chi connectivity index (χ3n) is 2.93. The Balaban J connectivity index is 2.52. The van der Waals surface area contributed by atoms with Crippen LogP contribution in [0, 0.1) is 5.92 Å². The van der Waals surface area contributed by atoms with Crippen LogP contribution in [0.15, 0.2) is 22.7 Å². The van der Waals surface area contributed by atoms with Gasteiger partial charge in [-0.3, -0.25) is 4.79 Å². The van der Waals surface area contributed by atoms with Crippen LogP contribution in [-0.2, 0) is 11.3 Å². The standard InChI is InChI=1S/C15H23BrN2O2/c1-10(2)6-7-18-15(19)11(3)20-14-5-4-12(9-17)8-13(14)16/h4-5,8,10-11H,6-7,9,17H2,1-3H3,(H,18,19). The molecule has 0 aliphatic heterocycles. The van der Waals surface area contributed by atoms with Gasteiger partial charge < -0.3 is 15.8 Å². The quantitative estimate of drug-likeness (QED) is 0.800. The van der Waals surface area contributed by atoms with Gasteiger partial charge in [0, 0.05) is 13.1 Å². The second-order valence-corrected chi connectivity index (χ2v) is 6.06. The number of carbonyl (C=O) groups excluding carboxylic acids is 1. The topological polar surface area (TPSA) is 64.3 Å². The Bertz CT molecular complexity index is 449. The second kappa shape index (κ2) is 8.27. The van der Waals surface area contributed by atoms with Crippen LogP contribution >= 0.6 is 15.9 Å². The molecular weight excluding hydrogens is 320 g/mol. The Morgan fingerprint density at radius 1 is 1.40 bits per heavy atom. The van der Waals surface area contributed by atoms with Gasteiger partial charge in [-0.05, 0) is 52.9 Å². The Hall–Kier alpha value is -1.07. The number of hydrogen-bond donors (Lipinski definition) is 2. The molecule has 0 bridgehead atoms. The zero-order chi connectivity index (χ0) is 15.1. The number of nitrogens with one attached hydrogen (secondary N) is 1. The fourth-order valence-corrected chi connectivity index (χ4v) is 2.16. The molecule has 5 heteroatoms. The van der Waals surface area contributed by atoms with E-state index in [4.69, 9.17) is 10.5 Å². The molecule has 1 amide bonds. The zero-order valence-corrected chi connectivity index (χ0v) is 13.9. The molecule has 0 heterocycles. The molecule has 1 aromatic rings. The summed E-state index contributed by atoms with van der Waals surface area (Å²) >= 11 is 3.43. The van der Waals surface area contributed by atoms with Gasteiger partial charge in [0.2, 0.25) is 0 Å². The number of nitrogens with two attached hydrogens (primary N) is 1. The van der Waals surface area contributed by atoms with E-state index in [-0.39, 0.29) is 5.91 Å². The van der Waals surface area contributed by atoms with Crippen LogP contribution in [0.5, 0.6) is 5.75 Å². The number of carbonyl (C=O) groups is 1. The molecule has 20 heavy (non-hydrogen) atoms. The van der Waals surface area contributed by atoms with E-state index < -0.39 is 6.10 Å². The minimum Gasteiger partial charge on any atom is -0.480 e. The molecule has 0 spiro atoms. The van der Waals surface area contributed by atoms with Crippen LogP contribution < -0.4 is 15.8 Å². The summed E-state index contributed by atoms with van der Waals surface area (Å²) in [4.78, 5) is 11.9. The van der Waals surface area contributed by atoms with E-state index in [1.807, 2.05) is 18.2 Å². The molecule has 1 aromatic carbocycles. The van der Waals surface area contributed by atoms with Gasteiger partial charge in [0.25, 0.3) is 5.91 Å². The lowest BCUT2D eigenvalue weighted by atomic mass is 10.1. The normalized spacial score (nSPS) is 12.3. The fourth-order valence-electron chi connectivity index (χ4n) is 1.64. The summed E-state index contributed by atoms with van der Waals surface area (Å²) in [6.45, 7) is 7.15. The molecule has 3 N–H and O–H groups in total. The Morgan fingerprint density at radius 2 is 2.10 bits per heavy atom. The van der Waals surface area contributed by atoms with Crippen molar-refractivity contribution in [2.24, 2.45) is 11.7 Å². The third-order valence-corrected chi connectivity index (χ3v) is 3.55. The molecule has 0 fully saturated rings. The molecule has 0 aliphatic rings. The lowest BCUT2D eigenvalue weighted by Crippen LogP contribution is -2.37. The Labute approximate surface area is 129 Å². The van der Waals surface area contributed by atoms with Crippen LogP contribution in [0.25, 0.3) is 0 Å². The minimum atomic E-state index is -0.526. The van der Waals surface area contributed by atoms with E-state index >= 15 is 0 Å². The van der Waals surface area contributed by atoms with Crippen molar-refractivity contribution in [1.29, 1.82) is 0 Å². The Kier molecular flexibility index (Phi) is 7.02.